The zero-order valence-electron chi connectivity index (χ0n) is 11.1. The minimum atomic E-state index is -3.70. The van der Waals surface area contributed by atoms with Crippen molar-refractivity contribution in [1.29, 1.82) is 0 Å². The molecule has 1 fully saturated rings. The molecule has 1 atom stereocenters. The third-order valence-corrected chi connectivity index (χ3v) is 6.30. The Morgan fingerprint density at radius 1 is 1.30 bits per heavy atom. The Hall–Kier alpha value is -1.12. The summed E-state index contributed by atoms with van der Waals surface area (Å²) >= 11 is 0. The predicted octanol–water partition coefficient (Wildman–Crippen LogP) is 0.551. The van der Waals surface area contributed by atoms with Crippen molar-refractivity contribution in [2.75, 3.05) is 18.1 Å². The van der Waals surface area contributed by atoms with Gasteiger partial charge in [-0.15, -0.1) is 0 Å². The van der Waals surface area contributed by atoms with Crippen LogP contribution in [-0.4, -0.2) is 41.0 Å². The van der Waals surface area contributed by atoms with Crippen molar-refractivity contribution in [1.82, 2.24) is 4.72 Å². The highest BCUT2D eigenvalue weighted by Crippen LogP contribution is 2.18. The van der Waals surface area contributed by atoms with Crippen LogP contribution in [0.25, 0.3) is 0 Å². The molecule has 1 aromatic carbocycles. The number of sulfone groups is 1. The van der Waals surface area contributed by atoms with Gasteiger partial charge in [-0.2, -0.15) is 0 Å². The maximum atomic E-state index is 12.1. The van der Waals surface area contributed by atoms with Gasteiger partial charge in [-0.1, -0.05) is 0 Å². The molecule has 0 bridgehead atoms. The Balaban J connectivity index is 2.10. The summed E-state index contributed by atoms with van der Waals surface area (Å²) in [7, 11) is -6.81. The summed E-state index contributed by atoms with van der Waals surface area (Å²) in [6.07, 6.45) is 0.318. The molecule has 0 aliphatic carbocycles. The van der Waals surface area contributed by atoms with Crippen LogP contribution in [0.4, 0.5) is 0 Å². The average Bonchev–Trinajstić information content (AvgIpc) is 2.69. The molecule has 1 saturated heterocycles. The molecule has 0 amide bonds. The molecule has 6 nitrogen and oxygen atoms in total. The van der Waals surface area contributed by atoms with Crippen molar-refractivity contribution in [3.8, 4) is 5.75 Å². The van der Waals surface area contributed by atoms with Crippen LogP contribution < -0.4 is 9.46 Å². The summed E-state index contributed by atoms with van der Waals surface area (Å²) in [5, 5.41) is 0. The number of ether oxygens (including phenoxy) is 1. The molecule has 112 valence electrons. The lowest BCUT2D eigenvalue weighted by atomic mass is 10.3. The van der Waals surface area contributed by atoms with Gasteiger partial charge in [0.1, 0.15) is 5.75 Å². The van der Waals surface area contributed by atoms with E-state index in [0.717, 1.165) is 0 Å². The summed E-state index contributed by atoms with van der Waals surface area (Å²) in [5.74, 6) is 0.488. The highest BCUT2D eigenvalue weighted by Gasteiger charge is 2.31. The number of nitrogens with one attached hydrogen (secondary N) is 1. The van der Waals surface area contributed by atoms with Crippen molar-refractivity contribution in [3.63, 3.8) is 0 Å². The maximum Gasteiger partial charge on any atom is 0.240 e. The Morgan fingerprint density at radius 2 is 1.95 bits per heavy atom. The van der Waals surface area contributed by atoms with Gasteiger partial charge >= 0.3 is 0 Å². The molecule has 1 heterocycles. The molecule has 2 rings (SSSR count). The summed E-state index contributed by atoms with van der Waals surface area (Å²) in [5.41, 5.74) is 0. The molecular formula is C12H17NO5S2. The van der Waals surface area contributed by atoms with Gasteiger partial charge in [0.05, 0.1) is 23.0 Å². The number of benzene rings is 1. The molecule has 8 heteroatoms. The molecule has 0 aromatic heterocycles. The molecular weight excluding hydrogens is 302 g/mol. The van der Waals surface area contributed by atoms with Gasteiger partial charge in [0.15, 0.2) is 9.84 Å². The van der Waals surface area contributed by atoms with Crippen molar-refractivity contribution in [2.24, 2.45) is 0 Å². The molecule has 1 aliphatic heterocycles. The second-order valence-corrected chi connectivity index (χ2v) is 8.57. The standard InChI is InChI=1S/C12H17NO5S2/c1-2-18-11-3-5-12(6-4-11)20(16,17)13-10-7-8-19(14,15)9-10/h3-6,10,13H,2,7-9H2,1H3. The highest BCUT2D eigenvalue weighted by atomic mass is 32.2. The first-order valence-electron chi connectivity index (χ1n) is 6.28. The molecule has 20 heavy (non-hydrogen) atoms. The molecule has 1 aliphatic rings. The fourth-order valence-corrected chi connectivity index (χ4v) is 5.11. The van der Waals surface area contributed by atoms with Crippen LogP contribution in [0, 0.1) is 0 Å². The lowest BCUT2D eigenvalue weighted by molar-refractivity contribution is 0.340. The molecule has 0 saturated carbocycles. The number of hydrogen-bond donors (Lipinski definition) is 1. The highest BCUT2D eigenvalue weighted by molar-refractivity contribution is 7.92. The van der Waals surface area contributed by atoms with Gasteiger partial charge in [0.2, 0.25) is 10.0 Å². The van der Waals surface area contributed by atoms with E-state index in [0.29, 0.717) is 18.8 Å². The second-order valence-electron chi connectivity index (χ2n) is 4.63. The van der Waals surface area contributed by atoms with E-state index in [4.69, 9.17) is 4.74 Å². The van der Waals surface area contributed by atoms with Crippen LogP contribution in [0.2, 0.25) is 0 Å². The van der Waals surface area contributed by atoms with E-state index in [9.17, 15) is 16.8 Å². The summed E-state index contributed by atoms with van der Waals surface area (Å²) in [4.78, 5) is 0.102. The minimum absolute atomic E-state index is 0.0312. The molecule has 0 spiro atoms. The van der Waals surface area contributed by atoms with E-state index in [1.165, 1.54) is 12.1 Å². The third kappa shape index (κ3) is 3.71. The van der Waals surface area contributed by atoms with Crippen LogP contribution in [-0.2, 0) is 19.9 Å². The zero-order valence-corrected chi connectivity index (χ0v) is 12.7. The van der Waals surface area contributed by atoms with Gasteiger partial charge in [-0.3, -0.25) is 0 Å². The van der Waals surface area contributed by atoms with Crippen LogP contribution >= 0.6 is 0 Å². The monoisotopic (exact) mass is 319 g/mol. The molecule has 0 radical (unpaired) electrons. The molecule has 1 N–H and O–H groups in total. The Morgan fingerprint density at radius 3 is 2.45 bits per heavy atom. The van der Waals surface area contributed by atoms with Crippen LogP contribution in [0.5, 0.6) is 5.75 Å². The van der Waals surface area contributed by atoms with E-state index in [-0.39, 0.29) is 16.4 Å². The van der Waals surface area contributed by atoms with Crippen molar-refractivity contribution in [3.05, 3.63) is 24.3 Å². The fraction of sp³-hybridized carbons (Fsp3) is 0.500. The summed E-state index contributed by atoms with van der Waals surface area (Å²) in [6.45, 7) is 2.34. The Labute approximate surface area is 119 Å². The van der Waals surface area contributed by atoms with E-state index in [2.05, 4.69) is 4.72 Å². The quantitative estimate of drug-likeness (QED) is 0.856. The second kappa shape index (κ2) is 5.71. The van der Waals surface area contributed by atoms with Gasteiger partial charge in [-0.25, -0.2) is 21.6 Å². The SMILES string of the molecule is CCOc1ccc(S(=O)(=O)NC2CCS(=O)(=O)C2)cc1. The van der Waals surface area contributed by atoms with Crippen molar-refractivity contribution < 1.29 is 21.6 Å². The normalized spacial score (nSPS) is 21.8. The molecule has 1 unspecified atom stereocenters. The van der Waals surface area contributed by atoms with E-state index in [1.54, 1.807) is 12.1 Å². The van der Waals surface area contributed by atoms with E-state index >= 15 is 0 Å². The van der Waals surface area contributed by atoms with Crippen LogP contribution in [0.1, 0.15) is 13.3 Å². The number of rotatable bonds is 5. The van der Waals surface area contributed by atoms with Crippen LogP contribution in [0.3, 0.4) is 0 Å². The number of hydrogen-bond acceptors (Lipinski definition) is 5. The van der Waals surface area contributed by atoms with E-state index < -0.39 is 25.9 Å². The zero-order chi connectivity index (χ0) is 14.8. The Bertz CT molecular complexity index is 664. The lowest BCUT2D eigenvalue weighted by Crippen LogP contribution is -2.35. The lowest BCUT2D eigenvalue weighted by Gasteiger charge is -2.12. The fourth-order valence-electron chi connectivity index (χ4n) is 2.06. The largest absolute Gasteiger partial charge is 0.494 e. The van der Waals surface area contributed by atoms with Gasteiger partial charge in [0.25, 0.3) is 0 Å². The van der Waals surface area contributed by atoms with Crippen molar-refractivity contribution >= 4 is 19.9 Å². The predicted molar refractivity (Wildman–Crippen MR) is 75.0 cm³/mol. The van der Waals surface area contributed by atoms with Crippen molar-refractivity contribution in [2.45, 2.75) is 24.3 Å². The maximum absolute atomic E-state index is 12.1. The first-order chi connectivity index (χ1) is 9.32. The smallest absolute Gasteiger partial charge is 0.240 e. The van der Waals surface area contributed by atoms with Gasteiger partial charge in [-0.05, 0) is 37.6 Å². The van der Waals surface area contributed by atoms with Gasteiger partial charge in [0, 0.05) is 6.04 Å². The average molecular weight is 319 g/mol. The third-order valence-electron chi connectivity index (χ3n) is 3.00. The number of sulfonamides is 1. The summed E-state index contributed by atoms with van der Waals surface area (Å²) in [6, 6.07) is 5.48. The topological polar surface area (TPSA) is 89.5 Å². The van der Waals surface area contributed by atoms with Crippen LogP contribution in [0.15, 0.2) is 29.2 Å². The first-order valence-corrected chi connectivity index (χ1v) is 9.58. The van der Waals surface area contributed by atoms with Gasteiger partial charge < -0.3 is 4.74 Å². The summed E-state index contributed by atoms with van der Waals surface area (Å²) < 4.78 is 54.6. The Kier molecular flexibility index (Phi) is 4.36. The van der Waals surface area contributed by atoms with E-state index in [1.807, 2.05) is 6.92 Å². The molecule has 1 aromatic rings. The first kappa shape index (κ1) is 15.3. The minimum Gasteiger partial charge on any atom is -0.494 e.